The highest BCUT2D eigenvalue weighted by molar-refractivity contribution is 6.06. The lowest BCUT2D eigenvalue weighted by atomic mass is 10.1. The lowest BCUT2D eigenvalue weighted by molar-refractivity contribution is 0.0600. The topological polar surface area (TPSA) is 59.5 Å². The largest absolute Gasteiger partial charge is 0.465 e. The Morgan fingerprint density at radius 1 is 1.10 bits per heavy atom. The molecule has 1 aromatic carbocycles. The van der Waals surface area contributed by atoms with Crippen molar-refractivity contribution in [2.24, 2.45) is 0 Å². The monoisotopic (exact) mass is 284 g/mol. The maximum absolute atomic E-state index is 12.5. The van der Waals surface area contributed by atoms with Gasteiger partial charge in [-0.1, -0.05) is 12.1 Å². The fourth-order valence-electron chi connectivity index (χ4n) is 1.91. The van der Waals surface area contributed by atoms with Crippen LogP contribution in [-0.4, -0.2) is 31.0 Å². The van der Waals surface area contributed by atoms with E-state index in [1.54, 1.807) is 31.3 Å². The zero-order valence-corrected chi connectivity index (χ0v) is 12.2. The van der Waals surface area contributed by atoms with Crippen molar-refractivity contribution >= 4 is 17.7 Å². The number of carbonyl (C=O) groups is 2. The molecular formula is C16H16N2O3. The van der Waals surface area contributed by atoms with Crippen LogP contribution in [0.15, 0.2) is 42.5 Å². The van der Waals surface area contributed by atoms with Crippen molar-refractivity contribution in [2.45, 2.75) is 6.92 Å². The molecule has 0 fully saturated rings. The third-order valence-corrected chi connectivity index (χ3v) is 3.05. The van der Waals surface area contributed by atoms with E-state index in [2.05, 4.69) is 9.72 Å². The van der Waals surface area contributed by atoms with Gasteiger partial charge in [-0.25, -0.2) is 9.78 Å². The van der Waals surface area contributed by atoms with Crippen LogP contribution in [0.4, 0.5) is 5.82 Å². The lowest BCUT2D eigenvalue weighted by Gasteiger charge is -2.17. The maximum atomic E-state index is 12.5. The molecule has 2 aromatic rings. The Hall–Kier alpha value is -2.69. The van der Waals surface area contributed by atoms with Crippen LogP contribution in [-0.2, 0) is 4.74 Å². The van der Waals surface area contributed by atoms with Gasteiger partial charge in [-0.05, 0) is 37.3 Å². The van der Waals surface area contributed by atoms with Crippen molar-refractivity contribution in [1.29, 1.82) is 0 Å². The average molecular weight is 284 g/mol. The van der Waals surface area contributed by atoms with E-state index < -0.39 is 5.97 Å². The van der Waals surface area contributed by atoms with Gasteiger partial charge in [0.2, 0.25) is 0 Å². The molecule has 1 amide bonds. The van der Waals surface area contributed by atoms with Gasteiger partial charge in [0.25, 0.3) is 5.91 Å². The Labute approximate surface area is 123 Å². The predicted octanol–water partition coefficient (Wildman–Crippen LogP) is 2.45. The molecule has 0 unspecified atom stereocenters. The number of amides is 1. The molecule has 0 bridgehead atoms. The summed E-state index contributed by atoms with van der Waals surface area (Å²) in [5.41, 5.74) is 1.58. The van der Waals surface area contributed by atoms with Crippen LogP contribution in [0.1, 0.15) is 26.4 Å². The van der Waals surface area contributed by atoms with E-state index in [-0.39, 0.29) is 5.91 Å². The first kappa shape index (κ1) is 14.7. The number of benzene rings is 1. The van der Waals surface area contributed by atoms with Crippen molar-refractivity contribution < 1.29 is 14.3 Å². The summed E-state index contributed by atoms with van der Waals surface area (Å²) in [5, 5.41) is 0. The number of ether oxygens (including phenoxy) is 1. The Morgan fingerprint density at radius 3 is 2.43 bits per heavy atom. The van der Waals surface area contributed by atoms with Gasteiger partial charge in [0, 0.05) is 18.3 Å². The van der Waals surface area contributed by atoms with Crippen molar-refractivity contribution in [3.8, 4) is 0 Å². The van der Waals surface area contributed by atoms with E-state index in [1.165, 1.54) is 18.1 Å². The first-order chi connectivity index (χ1) is 10.0. The molecular weight excluding hydrogens is 268 g/mol. The van der Waals surface area contributed by atoms with E-state index in [4.69, 9.17) is 0 Å². The second-order valence-corrected chi connectivity index (χ2v) is 4.57. The zero-order chi connectivity index (χ0) is 15.4. The summed E-state index contributed by atoms with van der Waals surface area (Å²) >= 11 is 0. The molecule has 1 aromatic heterocycles. The molecule has 0 saturated carbocycles. The number of esters is 1. The van der Waals surface area contributed by atoms with Crippen LogP contribution in [0, 0.1) is 6.92 Å². The summed E-state index contributed by atoms with van der Waals surface area (Å²) in [5.74, 6) is -0.150. The van der Waals surface area contributed by atoms with Crippen LogP contribution >= 0.6 is 0 Å². The maximum Gasteiger partial charge on any atom is 0.337 e. The van der Waals surface area contributed by atoms with Gasteiger partial charge in [0.1, 0.15) is 5.82 Å². The van der Waals surface area contributed by atoms with E-state index >= 15 is 0 Å². The molecule has 0 aliphatic rings. The molecule has 0 N–H and O–H groups in total. The molecule has 0 atom stereocenters. The summed E-state index contributed by atoms with van der Waals surface area (Å²) in [6.07, 6.45) is 0. The molecule has 5 heteroatoms. The third-order valence-electron chi connectivity index (χ3n) is 3.05. The van der Waals surface area contributed by atoms with Crippen LogP contribution in [0.3, 0.4) is 0 Å². The molecule has 0 spiro atoms. The molecule has 1 heterocycles. The minimum absolute atomic E-state index is 0.237. The first-order valence-corrected chi connectivity index (χ1v) is 6.43. The summed E-state index contributed by atoms with van der Waals surface area (Å²) in [4.78, 5) is 29.7. The molecule has 0 aliphatic heterocycles. The second kappa shape index (κ2) is 6.17. The minimum Gasteiger partial charge on any atom is -0.465 e. The van der Waals surface area contributed by atoms with Gasteiger partial charge in [-0.2, -0.15) is 0 Å². The second-order valence-electron chi connectivity index (χ2n) is 4.57. The molecule has 2 rings (SSSR count). The average Bonchev–Trinajstić information content (AvgIpc) is 2.52. The number of aryl methyl sites for hydroxylation is 1. The number of aromatic nitrogens is 1. The highest BCUT2D eigenvalue weighted by Gasteiger charge is 2.16. The Kier molecular flexibility index (Phi) is 4.33. The predicted molar refractivity (Wildman–Crippen MR) is 79.5 cm³/mol. The number of hydrogen-bond donors (Lipinski definition) is 0. The SMILES string of the molecule is COC(=O)c1cccc(C(=O)N(C)c2cccc(C)n2)c1. The van der Waals surface area contributed by atoms with E-state index in [0.717, 1.165) is 5.69 Å². The van der Waals surface area contributed by atoms with Gasteiger partial charge in [0.15, 0.2) is 0 Å². The van der Waals surface area contributed by atoms with Crippen LogP contribution in [0.25, 0.3) is 0 Å². The fraction of sp³-hybridized carbons (Fsp3) is 0.188. The van der Waals surface area contributed by atoms with Crippen molar-refractivity contribution in [2.75, 3.05) is 19.1 Å². The van der Waals surface area contributed by atoms with E-state index in [0.29, 0.717) is 16.9 Å². The molecule has 0 aliphatic carbocycles. The summed E-state index contributed by atoms with van der Waals surface area (Å²) in [7, 11) is 2.95. The van der Waals surface area contributed by atoms with E-state index in [9.17, 15) is 9.59 Å². The number of rotatable bonds is 3. The van der Waals surface area contributed by atoms with Crippen molar-refractivity contribution in [3.63, 3.8) is 0 Å². The number of methoxy groups -OCH3 is 1. The normalized spacial score (nSPS) is 10.0. The number of pyridine rings is 1. The Balaban J connectivity index is 2.29. The van der Waals surface area contributed by atoms with Gasteiger partial charge in [-0.15, -0.1) is 0 Å². The standard InChI is InChI=1S/C16H16N2O3/c1-11-6-4-9-14(17-11)18(2)15(19)12-7-5-8-13(10-12)16(20)21-3/h4-10H,1-3H3. The number of anilines is 1. The van der Waals surface area contributed by atoms with Crippen LogP contribution < -0.4 is 4.90 Å². The summed E-state index contributed by atoms with van der Waals surface area (Å²) in [6.45, 7) is 1.86. The smallest absolute Gasteiger partial charge is 0.337 e. The van der Waals surface area contributed by atoms with Gasteiger partial charge >= 0.3 is 5.97 Å². The Bertz CT molecular complexity index is 683. The molecule has 0 saturated heterocycles. The van der Waals surface area contributed by atoms with Gasteiger partial charge in [-0.3, -0.25) is 9.69 Å². The minimum atomic E-state index is -0.471. The quantitative estimate of drug-likeness (QED) is 0.812. The number of carbonyl (C=O) groups excluding carboxylic acids is 2. The van der Waals surface area contributed by atoms with Crippen LogP contribution in [0.5, 0.6) is 0 Å². The van der Waals surface area contributed by atoms with E-state index in [1.807, 2.05) is 19.1 Å². The van der Waals surface area contributed by atoms with Gasteiger partial charge in [0.05, 0.1) is 12.7 Å². The number of hydrogen-bond acceptors (Lipinski definition) is 4. The third kappa shape index (κ3) is 3.25. The molecule has 21 heavy (non-hydrogen) atoms. The van der Waals surface area contributed by atoms with Crippen molar-refractivity contribution in [1.82, 2.24) is 4.98 Å². The van der Waals surface area contributed by atoms with Gasteiger partial charge < -0.3 is 4.74 Å². The van der Waals surface area contributed by atoms with Crippen LogP contribution in [0.2, 0.25) is 0 Å². The highest BCUT2D eigenvalue weighted by Crippen LogP contribution is 2.14. The first-order valence-electron chi connectivity index (χ1n) is 6.43. The Morgan fingerprint density at radius 2 is 1.76 bits per heavy atom. The lowest BCUT2D eigenvalue weighted by Crippen LogP contribution is -2.27. The fourth-order valence-corrected chi connectivity index (χ4v) is 1.91. The molecule has 0 radical (unpaired) electrons. The van der Waals surface area contributed by atoms with Crippen molar-refractivity contribution in [3.05, 3.63) is 59.3 Å². The highest BCUT2D eigenvalue weighted by atomic mass is 16.5. The summed E-state index contributed by atoms with van der Waals surface area (Å²) < 4.78 is 4.66. The molecule has 108 valence electrons. The number of nitrogens with zero attached hydrogens (tertiary/aromatic N) is 2. The zero-order valence-electron chi connectivity index (χ0n) is 12.2. The summed E-state index contributed by atoms with van der Waals surface area (Å²) in [6, 6.07) is 11.9. The molecule has 5 nitrogen and oxygen atoms in total.